The molecular formula is C7HClKNO4. The van der Waals surface area contributed by atoms with Gasteiger partial charge in [0.05, 0.1) is 5.57 Å². The van der Waals surface area contributed by atoms with Gasteiger partial charge in [0.15, 0.2) is 0 Å². The van der Waals surface area contributed by atoms with Crippen molar-refractivity contribution in [3.8, 4) is 6.07 Å². The molecule has 0 radical (unpaired) electrons. The summed E-state index contributed by atoms with van der Waals surface area (Å²) in [4.78, 5) is 21.7. The summed E-state index contributed by atoms with van der Waals surface area (Å²) in [5.41, 5.74) is -0.910. The molecular weight excluding hydrogens is 237 g/mol. The average molecular weight is 238 g/mol. The Bertz CT molecular complexity index is 418. The van der Waals surface area contributed by atoms with Crippen LogP contribution in [0.25, 0.3) is 0 Å². The summed E-state index contributed by atoms with van der Waals surface area (Å²) in [6.45, 7) is 0. The number of hydrogen-bond donors (Lipinski definition) is 1. The maximum Gasteiger partial charge on any atom is 1.00 e. The zero-order valence-electron chi connectivity index (χ0n) is 7.00. The molecule has 1 aliphatic carbocycles. The molecule has 0 atom stereocenters. The smallest absolute Gasteiger partial charge is 0.869 e. The second-order valence-corrected chi connectivity index (χ2v) is 2.51. The van der Waals surface area contributed by atoms with Crippen LogP contribution in [0.3, 0.4) is 0 Å². The molecule has 0 unspecified atom stereocenters. The Labute approximate surface area is 126 Å². The van der Waals surface area contributed by atoms with Crippen LogP contribution in [0.4, 0.5) is 0 Å². The molecule has 0 aromatic rings. The third-order valence-corrected chi connectivity index (χ3v) is 1.75. The van der Waals surface area contributed by atoms with E-state index >= 15 is 0 Å². The first kappa shape index (κ1) is 13.8. The van der Waals surface area contributed by atoms with Gasteiger partial charge in [0, 0.05) is 0 Å². The molecule has 1 aliphatic rings. The van der Waals surface area contributed by atoms with E-state index in [1.165, 1.54) is 6.07 Å². The van der Waals surface area contributed by atoms with Crippen molar-refractivity contribution >= 4 is 23.2 Å². The predicted octanol–water partition coefficient (Wildman–Crippen LogP) is -3.71. The first-order valence-electron chi connectivity index (χ1n) is 3.00. The fourth-order valence-corrected chi connectivity index (χ4v) is 0.915. The van der Waals surface area contributed by atoms with Crippen LogP contribution < -0.4 is 56.5 Å². The molecule has 5 nitrogen and oxygen atoms in total. The van der Waals surface area contributed by atoms with E-state index in [-0.39, 0.29) is 51.4 Å². The molecule has 14 heavy (non-hydrogen) atoms. The van der Waals surface area contributed by atoms with Gasteiger partial charge in [0.25, 0.3) is 0 Å². The van der Waals surface area contributed by atoms with Gasteiger partial charge in [-0.1, -0.05) is 11.6 Å². The van der Waals surface area contributed by atoms with Gasteiger partial charge in [-0.15, -0.1) is 0 Å². The van der Waals surface area contributed by atoms with E-state index in [9.17, 15) is 14.7 Å². The number of aliphatic hydroxyl groups excluding tert-OH is 1. The molecule has 0 spiro atoms. The molecule has 0 aromatic carbocycles. The quantitative estimate of drug-likeness (QED) is 0.265. The molecule has 0 bridgehead atoms. The summed E-state index contributed by atoms with van der Waals surface area (Å²) in [7, 11) is 0. The second kappa shape index (κ2) is 5.07. The van der Waals surface area contributed by atoms with Crippen molar-refractivity contribution in [2.45, 2.75) is 0 Å². The van der Waals surface area contributed by atoms with E-state index in [0.29, 0.717) is 0 Å². The number of hydrogen-bond acceptors (Lipinski definition) is 5. The van der Waals surface area contributed by atoms with Crippen LogP contribution in [0, 0.1) is 11.3 Å². The Morgan fingerprint density at radius 1 is 1.36 bits per heavy atom. The Hall–Kier alpha value is -0.164. The van der Waals surface area contributed by atoms with E-state index in [1.54, 1.807) is 0 Å². The number of nitriles is 1. The monoisotopic (exact) mass is 237 g/mol. The molecule has 0 saturated heterocycles. The third kappa shape index (κ3) is 2.08. The third-order valence-electron chi connectivity index (χ3n) is 1.39. The van der Waals surface area contributed by atoms with Crippen LogP contribution >= 0.6 is 11.6 Å². The minimum absolute atomic E-state index is 0. The molecule has 66 valence electrons. The zero-order valence-corrected chi connectivity index (χ0v) is 10.9. The summed E-state index contributed by atoms with van der Waals surface area (Å²) in [6, 6.07) is 1.23. The van der Waals surface area contributed by atoms with Crippen molar-refractivity contribution in [3.63, 3.8) is 0 Å². The van der Waals surface area contributed by atoms with Crippen molar-refractivity contribution < 1.29 is 71.2 Å². The van der Waals surface area contributed by atoms with Gasteiger partial charge in [-0.05, 0) is 5.76 Å². The summed E-state index contributed by atoms with van der Waals surface area (Å²) in [5, 5.41) is 27.2. The molecule has 0 aliphatic heterocycles. The maximum atomic E-state index is 10.9. The number of allylic oxidation sites excluding steroid dienone is 2. The van der Waals surface area contributed by atoms with Gasteiger partial charge in [-0.2, -0.15) is 5.26 Å². The molecule has 0 aromatic heterocycles. The summed E-state index contributed by atoms with van der Waals surface area (Å²) in [5.74, 6) is -4.79. The zero-order chi connectivity index (χ0) is 10.2. The van der Waals surface area contributed by atoms with Gasteiger partial charge in [-0.25, -0.2) is 0 Å². The minimum atomic E-state index is -1.28. The van der Waals surface area contributed by atoms with Gasteiger partial charge >= 0.3 is 51.4 Å². The number of ketones is 2. The van der Waals surface area contributed by atoms with Crippen molar-refractivity contribution in [1.82, 2.24) is 0 Å². The SMILES string of the molecule is N#CC1=C([O-])C(O)=C(Cl)C(=O)C1=O.[K+]. The maximum absolute atomic E-state index is 10.9. The molecule has 0 fully saturated rings. The van der Waals surface area contributed by atoms with Crippen molar-refractivity contribution in [2.75, 3.05) is 0 Å². The van der Waals surface area contributed by atoms with Gasteiger partial charge in [0.1, 0.15) is 16.9 Å². The van der Waals surface area contributed by atoms with E-state index in [4.69, 9.17) is 22.0 Å². The summed E-state index contributed by atoms with van der Waals surface area (Å²) >= 11 is 5.15. The molecule has 7 heteroatoms. The van der Waals surface area contributed by atoms with Crippen LogP contribution in [-0.2, 0) is 9.59 Å². The van der Waals surface area contributed by atoms with Gasteiger partial charge < -0.3 is 10.2 Å². The van der Waals surface area contributed by atoms with Gasteiger partial charge in [0.2, 0.25) is 11.6 Å². The van der Waals surface area contributed by atoms with E-state index in [2.05, 4.69) is 0 Å². The average Bonchev–Trinajstić information content (AvgIpc) is 2.13. The first-order chi connectivity index (χ1) is 6.00. The number of halogens is 1. The molecule has 1 rings (SSSR count). The van der Waals surface area contributed by atoms with Crippen LogP contribution in [0.1, 0.15) is 0 Å². The Morgan fingerprint density at radius 2 is 1.86 bits per heavy atom. The number of aliphatic hydroxyl groups is 1. The fourth-order valence-electron chi connectivity index (χ4n) is 0.743. The van der Waals surface area contributed by atoms with E-state index < -0.39 is 33.7 Å². The van der Waals surface area contributed by atoms with Crippen molar-refractivity contribution in [1.29, 1.82) is 5.26 Å². The first-order valence-corrected chi connectivity index (χ1v) is 3.38. The number of nitrogens with zero attached hydrogens (tertiary/aromatic N) is 1. The Kier molecular flexibility index (Phi) is 5.01. The summed E-state index contributed by atoms with van der Waals surface area (Å²) < 4.78 is 0. The normalized spacial score (nSPS) is 16.6. The van der Waals surface area contributed by atoms with Crippen molar-refractivity contribution in [3.05, 3.63) is 22.1 Å². The number of rotatable bonds is 0. The minimum Gasteiger partial charge on any atom is -0.869 e. The topological polar surface area (TPSA) is 101 Å². The predicted molar refractivity (Wildman–Crippen MR) is 38.2 cm³/mol. The molecule has 0 heterocycles. The van der Waals surface area contributed by atoms with Crippen LogP contribution in [0.5, 0.6) is 0 Å². The second-order valence-electron chi connectivity index (χ2n) is 2.14. The summed E-state index contributed by atoms with van der Waals surface area (Å²) in [6.07, 6.45) is 0. The standard InChI is InChI=1S/C7H2ClNO4.K/c8-3-6(12)4(10)2(1-9)5(11)7(3)13;/h10,12H;/q;+1/p-1. The van der Waals surface area contributed by atoms with E-state index in [0.717, 1.165) is 0 Å². The fraction of sp³-hybridized carbons (Fsp3) is 0. The van der Waals surface area contributed by atoms with Crippen LogP contribution in [-0.4, -0.2) is 16.7 Å². The molecule has 1 N–H and O–H groups in total. The number of Topliss-reactive ketones (excluding diaryl/α,β-unsaturated/α-hetero) is 2. The van der Waals surface area contributed by atoms with Crippen LogP contribution in [0.2, 0.25) is 0 Å². The number of carbonyl (C=O) groups is 2. The van der Waals surface area contributed by atoms with Crippen LogP contribution in [0.15, 0.2) is 22.1 Å². The molecule has 0 saturated carbocycles. The largest absolute Gasteiger partial charge is 1.00 e. The Morgan fingerprint density at radius 3 is 2.29 bits per heavy atom. The molecule has 0 amide bonds. The number of carbonyl (C=O) groups excluding carboxylic acids is 2. The Balaban J connectivity index is 0.00000169. The van der Waals surface area contributed by atoms with Gasteiger partial charge in [-0.3, -0.25) is 9.59 Å². The van der Waals surface area contributed by atoms with E-state index in [1.807, 2.05) is 0 Å². The van der Waals surface area contributed by atoms with Crippen molar-refractivity contribution in [2.24, 2.45) is 0 Å².